The molecular weight excluding hydrogens is 400 g/mol. The molecule has 1 amide bonds. The van der Waals surface area contributed by atoms with Crippen molar-refractivity contribution in [1.82, 2.24) is 19.4 Å². The monoisotopic (exact) mass is 424 g/mol. The van der Waals surface area contributed by atoms with E-state index in [2.05, 4.69) is 9.97 Å². The van der Waals surface area contributed by atoms with Crippen molar-refractivity contribution in [3.63, 3.8) is 0 Å². The number of benzene rings is 1. The summed E-state index contributed by atoms with van der Waals surface area (Å²) < 4.78 is 18.8. The highest BCUT2D eigenvalue weighted by atomic mass is 16.5. The SMILES string of the molecule is O=C(Cn1c(=O)oc2ccccc21)N1CCC2(CC1)CC(Oc1cnccn1)CCO2. The van der Waals surface area contributed by atoms with Crippen LogP contribution >= 0.6 is 0 Å². The van der Waals surface area contributed by atoms with Crippen molar-refractivity contribution < 1.29 is 18.7 Å². The van der Waals surface area contributed by atoms with Gasteiger partial charge in [0.15, 0.2) is 5.58 Å². The van der Waals surface area contributed by atoms with E-state index in [0.717, 1.165) is 25.7 Å². The first kappa shape index (κ1) is 19.7. The minimum Gasteiger partial charge on any atom is -0.473 e. The molecule has 0 bridgehead atoms. The molecule has 5 rings (SSSR count). The maximum atomic E-state index is 12.9. The molecule has 1 unspecified atom stereocenters. The van der Waals surface area contributed by atoms with E-state index in [9.17, 15) is 9.59 Å². The van der Waals surface area contributed by atoms with Gasteiger partial charge in [-0.3, -0.25) is 14.3 Å². The van der Waals surface area contributed by atoms with Gasteiger partial charge < -0.3 is 18.8 Å². The Morgan fingerprint density at radius 3 is 2.87 bits per heavy atom. The number of aromatic nitrogens is 3. The zero-order valence-electron chi connectivity index (χ0n) is 17.1. The van der Waals surface area contributed by atoms with Gasteiger partial charge in [0, 0.05) is 38.3 Å². The van der Waals surface area contributed by atoms with Crippen LogP contribution in [0, 0.1) is 0 Å². The standard InChI is InChI=1S/C22H24N4O5/c27-20(15-26-17-3-1-2-4-18(17)31-21(26)28)25-10-6-22(7-11-25)13-16(5-12-29-22)30-19-14-23-8-9-24-19/h1-4,8-9,14,16H,5-7,10-13,15H2. The number of hydrogen-bond acceptors (Lipinski definition) is 7. The number of carbonyl (C=O) groups is 1. The number of fused-ring (bicyclic) bond motifs is 1. The van der Waals surface area contributed by atoms with Crippen LogP contribution in [0.1, 0.15) is 25.7 Å². The van der Waals surface area contributed by atoms with Crippen LogP contribution in [-0.4, -0.2) is 56.7 Å². The number of carbonyl (C=O) groups excluding carboxylic acids is 1. The van der Waals surface area contributed by atoms with Crippen molar-refractivity contribution in [3.05, 3.63) is 53.4 Å². The summed E-state index contributed by atoms with van der Waals surface area (Å²) in [6, 6.07) is 7.13. The number of ether oxygens (including phenoxy) is 2. The second-order valence-corrected chi connectivity index (χ2v) is 8.11. The van der Waals surface area contributed by atoms with Gasteiger partial charge in [0.25, 0.3) is 0 Å². The molecule has 0 radical (unpaired) electrons. The fourth-order valence-electron chi connectivity index (χ4n) is 4.51. The zero-order chi connectivity index (χ0) is 21.3. The van der Waals surface area contributed by atoms with E-state index < -0.39 is 5.76 Å². The predicted molar refractivity (Wildman–Crippen MR) is 111 cm³/mol. The lowest BCUT2D eigenvalue weighted by Gasteiger charge is -2.45. The number of oxazole rings is 1. The van der Waals surface area contributed by atoms with E-state index in [1.54, 1.807) is 41.7 Å². The minimum absolute atomic E-state index is 0.0172. The van der Waals surface area contributed by atoms with E-state index >= 15 is 0 Å². The molecule has 0 N–H and O–H groups in total. The molecular formula is C22H24N4O5. The maximum Gasteiger partial charge on any atom is 0.420 e. The quantitative estimate of drug-likeness (QED) is 0.632. The topological polar surface area (TPSA) is 99.7 Å². The summed E-state index contributed by atoms with van der Waals surface area (Å²) in [5.41, 5.74) is 0.831. The average Bonchev–Trinajstić information content (AvgIpc) is 3.10. The third kappa shape index (κ3) is 4.05. The van der Waals surface area contributed by atoms with Gasteiger partial charge in [-0.15, -0.1) is 0 Å². The number of para-hydroxylation sites is 2. The van der Waals surface area contributed by atoms with Crippen molar-refractivity contribution in [3.8, 4) is 5.88 Å². The van der Waals surface area contributed by atoms with E-state index in [0.29, 0.717) is 36.7 Å². The molecule has 3 aromatic rings. The summed E-state index contributed by atoms with van der Waals surface area (Å²) in [7, 11) is 0. The first-order valence-electron chi connectivity index (χ1n) is 10.5. The van der Waals surface area contributed by atoms with Crippen LogP contribution in [0.2, 0.25) is 0 Å². The summed E-state index contributed by atoms with van der Waals surface area (Å²) in [6.45, 7) is 1.76. The van der Waals surface area contributed by atoms with Crippen LogP contribution in [0.3, 0.4) is 0 Å². The molecule has 1 aromatic carbocycles. The Bertz CT molecular complexity index is 1120. The molecule has 9 nitrogen and oxygen atoms in total. The number of likely N-dealkylation sites (tertiary alicyclic amines) is 1. The maximum absolute atomic E-state index is 12.9. The Morgan fingerprint density at radius 1 is 1.23 bits per heavy atom. The summed E-state index contributed by atoms with van der Waals surface area (Å²) in [4.78, 5) is 35.1. The summed E-state index contributed by atoms with van der Waals surface area (Å²) in [5.74, 6) is -0.0794. The Kier molecular flexibility index (Phi) is 5.19. The van der Waals surface area contributed by atoms with Gasteiger partial charge in [-0.25, -0.2) is 9.78 Å². The van der Waals surface area contributed by atoms with E-state index in [1.807, 2.05) is 6.07 Å². The second kappa shape index (κ2) is 8.14. The van der Waals surface area contributed by atoms with Crippen LogP contribution in [0.15, 0.2) is 52.1 Å². The van der Waals surface area contributed by atoms with Crippen LogP contribution in [0.5, 0.6) is 5.88 Å². The van der Waals surface area contributed by atoms with Crippen molar-refractivity contribution in [2.24, 2.45) is 0 Å². The van der Waals surface area contributed by atoms with Gasteiger partial charge in [0.05, 0.1) is 23.9 Å². The molecule has 2 aliphatic heterocycles. The third-order valence-corrected chi connectivity index (χ3v) is 6.17. The van der Waals surface area contributed by atoms with Crippen molar-refractivity contribution in [2.45, 2.75) is 43.9 Å². The zero-order valence-corrected chi connectivity index (χ0v) is 17.1. The van der Waals surface area contributed by atoms with Gasteiger partial charge in [0.1, 0.15) is 12.6 Å². The van der Waals surface area contributed by atoms with E-state index in [1.165, 1.54) is 4.57 Å². The smallest absolute Gasteiger partial charge is 0.420 e. The van der Waals surface area contributed by atoms with Crippen LogP contribution in [0.25, 0.3) is 11.1 Å². The predicted octanol–water partition coefficient (Wildman–Crippen LogP) is 2.00. The average molecular weight is 424 g/mol. The number of amides is 1. The summed E-state index contributed by atoms with van der Waals surface area (Å²) >= 11 is 0. The number of nitrogens with zero attached hydrogens (tertiary/aromatic N) is 4. The molecule has 31 heavy (non-hydrogen) atoms. The molecule has 9 heteroatoms. The Hall–Kier alpha value is -3.20. The fourth-order valence-corrected chi connectivity index (χ4v) is 4.51. The normalized spacial score (nSPS) is 20.8. The molecule has 0 saturated carbocycles. The van der Waals surface area contributed by atoms with Crippen molar-refractivity contribution in [2.75, 3.05) is 19.7 Å². The molecule has 2 aromatic heterocycles. The Balaban J connectivity index is 1.21. The van der Waals surface area contributed by atoms with Gasteiger partial charge in [-0.05, 0) is 25.0 Å². The van der Waals surface area contributed by atoms with Gasteiger partial charge in [-0.1, -0.05) is 12.1 Å². The van der Waals surface area contributed by atoms with Gasteiger partial charge >= 0.3 is 5.76 Å². The summed E-state index contributed by atoms with van der Waals surface area (Å²) in [6.07, 6.45) is 7.90. The lowest BCUT2D eigenvalue weighted by Crippen LogP contribution is -2.53. The highest BCUT2D eigenvalue weighted by Crippen LogP contribution is 2.36. The second-order valence-electron chi connectivity index (χ2n) is 8.11. The van der Waals surface area contributed by atoms with Crippen LogP contribution < -0.4 is 10.5 Å². The number of hydrogen-bond donors (Lipinski definition) is 0. The van der Waals surface area contributed by atoms with Gasteiger partial charge in [0.2, 0.25) is 11.8 Å². The lowest BCUT2D eigenvalue weighted by atomic mass is 9.83. The van der Waals surface area contributed by atoms with Crippen LogP contribution in [0.4, 0.5) is 0 Å². The first-order chi connectivity index (χ1) is 15.1. The molecule has 1 spiro atoms. The number of piperidine rings is 1. The first-order valence-corrected chi connectivity index (χ1v) is 10.5. The third-order valence-electron chi connectivity index (χ3n) is 6.17. The molecule has 2 saturated heterocycles. The van der Waals surface area contributed by atoms with E-state index in [4.69, 9.17) is 13.9 Å². The summed E-state index contributed by atoms with van der Waals surface area (Å²) in [5, 5.41) is 0. The van der Waals surface area contributed by atoms with Crippen molar-refractivity contribution in [1.29, 1.82) is 0 Å². The minimum atomic E-state index is -0.511. The highest BCUT2D eigenvalue weighted by Gasteiger charge is 2.42. The molecule has 1 atom stereocenters. The van der Waals surface area contributed by atoms with Gasteiger partial charge in [-0.2, -0.15) is 0 Å². The Morgan fingerprint density at radius 2 is 2.06 bits per heavy atom. The van der Waals surface area contributed by atoms with Crippen molar-refractivity contribution >= 4 is 17.0 Å². The molecule has 2 aliphatic rings. The molecule has 4 heterocycles. The fraction of sp³-hybridized carbons (Fsp3) is 0.455. The number of rotatable bonds is 4. The molecule has 162 valence electrons. The van der Waals surface area contributed by atoms with Crippen LogP contribution in [-0.2, 0) is 16.1 Å². The Labute approximate surface area is 178 Å². The molecule has 0 aliphatic carbocycles. The highest BCUT2D eigenvalue weighted by molar-refractivity contribution is 5.79. The largest absolute Gasteiger partial charge is 0.473 e. The molecule has 2 fully saturated rings. The van der Waals surface area contributed by atoms with E-state index in [-0.39, 0.29) is 24.2 Å². The lowest BCUT2D eigenvalue weighted by molar-refractivity contribution is -0.152.